The fourth-order valence-corrected chi connectivity index (χ4v) is 3.27. The molecule has 0 fully saturated rings. The summed E-state index contributed by atoms with van der Waals surface area (Å²) in [5, 5.41) is 21.9. The van der Waals surface area contributed by atoms with Crippen molar-refractivity contribution >= 4 is 29.3 Å². The van der Waals surface area contributed by atoms with Crippen LogP contribution in [0.4, 0.5) is 11.4 Å². The van der Waals surface area contributed by atoms with Gasteiger partial charge in [-0.15, -0.1) is 0 Å². The van der Waals surface area contributed by atoms with Crippen LogP contribution >= 0.6 is 0 Å². The number of esters is 1. The lowest BCUT2D eigenvalue weighted by Gasteiger charge is -2.06. The number of hydrogen-bond acceptors (Lipinski definition) is 8. The fourth-order valence-electron chi connectivity index (χ4n) is 3.27. The Labute approximate surface area is 193 Å². The summed E-state index contributed by atoms with van der Waals surface area (Å²) in [7, 11) is 0. The molecule has 34 heavy (non-hydrogen) atoms. The van der Waals surface area contributed by atoms with Crippen molar-refractivity contribution in [2.45, 2.75) is 13.5 Å². The average Bonchev–Trinajstić information content (AvgIpc) is 3.18. The van der Waals surface area contributed by atoms with E-state index in [9.17, 15) is 25.0 Å². The zero-order valence-electron chi connectivity index (χ0n) is 17.8. The molecule has 0 bridgehead atoms. The number of carbonyl (C=O) groups excluding carboxylic acids is 1. The monoisotopic (exact) mass is 459 g/mol. The van der Waals surface area contributed by atoms with Crippen LogP contribution < -0.4 is 4.74 Å². The van der Waals surface area contributed by atoms with Gasteiger partial charge in [-0.3, -0.25) is 20.2 Å². The average molecular weight is 459 g/mol. The first-order valence-electron chi connectivity index (χ1n) is 10.0. The maximum absolute atomic E-state index is 12.2. The minimum atomic E-state index is -0.628. The fraction of sp³-hybridized carbons (Fsp3) is 0.0833. The number of aliphatic imine (C=N–C) groups is 1. The Morgan fingerprint density at radius 3 is 2.44 bits per heavy atom. The van der Waals surface area contributed by atoms with Crippen LogP contribution in [-0.4, -0.2) is 21.7 Å². The second-order valence-corrected chi connectivity index (χ2v) is 7.38. The molecule has 4 rings (SSSR count). The zero-order chi connectivity index (χ0) is 24.2. The lowest BCUT2D eigenvalue weighted by Crippen LogP contribution is -2.06. The van der Waals surface area contributed by atoms with E-state index in [4.69, 9.17) is 9.47 Å². The largest absolute Gasteiger partial charge is 0.489 e. The van der Waals surface area contributed by atoms with Gasteiger partial charge < -0.3 is 9.47 Å². The minimum Gasteiger partial charge on any atom is -0.489 e. The predicted octanol–water partition coefficient (Wildman–Crippen LogP) is 4.73. The molecule has 1 heterocycles. The highest BCUT2D eigenvalue weighted by Crippen LogP contribution is 2.24. The number of ether oxygens (including phenoxy) is 2. The lowest BCUT2D eigenvalue weighted by atomic mass is 10.1. The van der Waals surface area contributed by atoms with Gasteiger partial charge in [0.1, 0.15) is 12.4 Å². The Morgan fingerprint density at radius 2 is 1.76 bits per heavy atom. The molecule has 10 nitrogen and oxygen atoms in total. The van der Waals surface area contributed by atoms with Crippen LogP contribution in [0.2, 0.25) is 0 Å². The van der Waals surface area contributed by atoms with Crippen molar-refractivity contribution in [3.05, 3.63) is 115 Å². The van der Waals surface area contributed by atoms with Crippen molar-refractivity contribution in [2.24, 2.45) is 4.99 Å². The quantitative estimate of drug-likeness (QED) is 0.216. The van der Waals surface area contributed by atoms with Crippen molar-refractivity contribution in [2.75, 3.05) is 0 Å². The minimum absolute atomic E-state index is 0.00432. The smallest absolute Gasteiger partial charge is 0.363 e. The molecular weight excluding hydrogens is 442 g/mol. The Morgan fingerprint density at radius 1 is 1.00 bits per heavy atom. The van der Waals surface area contributed by atoms with Gasteiger partial charge >= 0.3 is 5.97 Å². The molecule has 3 aromatic carbocycles. The highest BCUT2D eigenvalue weighted by atomic mass is 16.6. The van der Waals surface area contributed by atoms with E-state index in [1.807, 2.05) is 0 Å². The number of aryl methyl sites for hydroxylation is 1. The number of carbonyl (C=O) groups is 1. The summed E-state index contributed by atoms with van der Waals surface area (Å²) in [6.45, 7) is 1.76. The molecule has 0 atom stereocenters. The van der Waals surface area contributed by atoms with E-state index >= 15 is 0 Å². The number of benzene rings is 3. The van der Waals surface area contributed by atoms with E-state index in [0.717, 1.165) is 0 Å². The van der Waals surface area contributed by atoms with Crippen LogP contribution in [0.15, 0.2) is 77.4 Å². The molecule has 0 saturated heterocycles. The second kappa shape index (κ2) is 9.33. The topological polar surface area (TPSA) is 134 Å². The van der Waals surface area contributed by atoms with E-state index in [1.165, 1.54) is 24.3 Å². The van der Waals surface area contributed by atoms with Crippen LogP contribution in [0, 0.1) is 27.2 Å². The summed E-state index contributed by atoms with van der Waals surface area (Å²) in [4.78, 5) is 37.4. The number of rotatable bonds is 7. The van der Waals surface area contributed by atoms with Gasteiger partial charge in [-0.25, -0.2) is 9.79 Å². The molecule has 1 aliphatic rings. The second-order valence-electron chi connectivity index (χ2n) is 7.38. The molecule has 0 N–H and O–H groups in total. The van der Waals surface area contributed by atoms with E-state index in [2.05, 4.69) is 4.99 Å². The number of non-ortho nitro benzene ring substituents is 1. The van der Waals surface area contributed by atoms with Gasteiger partial charge in [0.15, 0.2) is 5.70 Å². The number of nitrogens with zero attached hydrogens (tertiary/aromatic N) is 3. The normalized spacial score (nSPS) is 14.0. The maximum atomic E-state index is 12.2. The highest BCUT2D eigenvalue weighted by Gasteiger charge is 2.25. The molecule has 1 aliphatic heterocycles. The molecule has 10 heteroatoms. The molecule has 0 amide bonds. The van der Waals surface area contributed by atoms with E-state index in [1.54, 1.807) is 55.5 Å². The molecule has 0 aromatic heterocycles. The summed E-state index contributed by atoms with van der Waals surface area (Å²) in [5.41, 5.74) is 2.30. The summed E-state index contributed by atoms with van der Waals surface area (Å²) >= 11 is 0. The van der Waals surface area contributed by atoms with Crippen LogP contribution in [0.25, 0.3) is 6.08 Å². The van der Waals surface area contributed by atoms with Crippen molar-refractivity contribution in [3.8, 4) is 5.75 Å². The van der Waals surface area contributed by atoms with Crippen molar-refractivity contribution in [3.63, 3.8) is 0 Å². The van der Waals surface area contributed by atoms with E-state index in [0.29, 0.717) is 28.0 Å². The first kappa shape index (κ1) is 22.3. The third-order valence-electron chi connectivity index (χ3n) is 4.97. The molecule has 0 radical (unpaired) electrons. The lowest BCUT2D eigenvalue weighted by molar-refractivity contribution is -0.385. The van der Waals surface area contributed by atoms with Gasteiger partial charge in [0.25, 0.3) is 11.4 Å². The molecule has 170 valence electrons. The van der Waals surface area contributed by atoms with Gasteiger partial charge in [0.2, 0.25) is 5.90 Å². The van der Waals surface area contributed by atoms with Crippen molar-refractivity contribution < 1.29 is 24.1 Å². The number of cyclic esters (lactones) is 1. The van der Waals surface area contributed by atoms with Gasteiger partial charge in [-0.2, -0.15) is 0 Å². The summed E-state index contributed by atoms with van der Waals surface area (Å²) in [5.74, 6) is -0.00337. The standard InChI is InChI=1S/C24H17N3O7/c1-15-11-18(7-10-22(15)27(31)32)23-25-21(24(28)34-23)13-16-5-8-20(9-6-16)33-14-17-3-2-4-19(12-17)26(29)30/h2-13H,14H2,1H3/b21-13-. The zero-order valence-corrected chi connectivity index (χ0v) is 17.8. The first-order valence-corrected chi connectivity index (χ1v) is 10.0. The molecule has 0 spiro atoms. The third kappa shape index (κ3) is 4.96. The van der Waals surface area contributed by atoms with Crippen LogP contribution in [-0.2, 0) is 16.1 Å². The van der Waals surface area contributed by atoms with Crippen LogP contribution in [0.3, 0.4) is 0 Å². The summed E-state index contributed by atoms with van der Waals surface area (Å²) in [6, 6.07) is 17.4. The van der Waals surface area contributed by atoms with E-state index in [-0.39, 0.29) is 29.6 Å². The predicted molar refractivity (Wildman–Crippen MR) is 122 cm³/mol. The highest BCUT2D eigenvalue weighted by molar-refractivity contribution is 6.13. The Bertz CT molecular complexity index is 1360. The van der Waals surface area contributed by atoms with Gasteiger partial charge in [0.05, 0.1) is 9.85 Å². The maximum Gasteiger partial charge on any atom is 0.363 e. The van der Waals surface area contributed by atoms with Crippen molar-refractivity contribution in [1.29, 1.82) is 0 Å². The van der Waals surface area contributed by atoms with Crippen LogP contribution in [0.1, 0.15) is 22.3 Å². The summed E-state index contributed by atoms with van der Waals surface area (Å²) < 4.78 is 10.9. The number of hydrogen-bond donors (Lipinski definition) is 0. The number of nitro benzene ring substituents is 2. The van der Waals surface area contributed by atoms with Gasteiger partial charge in [0, 0.05) is 29.3 Å². The Balaban J connectivity index is 1.45. The molecule has 3 aromatic rings. The third-order valence-corrected chi connectivity index (χ3v) is 4.97. The Hall–Kier alpha value is -4.86. The van der Waals surface area contributed by atoms with Crippen LogP contribution in [0.5, 0.6) is 5.75 Å². The Kier molecular flexibility index (Phi) is 6.13. The summed E-state index contributed by atoms with van der Waals surface area (Å²) in [6.07, 6.45) is 1.55. The molecule has 0 unspecified atom stereocenters. The van der Waals surface area contributed by atoms with Gasteiger partial charge in [-0.1, -0.05) is 24.3 Å². The first-order chi connectivity index (χ1) is 16.3. The van der Waals surface area contributed by atoms with Gasteiger partial charge in [-0.05, 0) is 48.4 Å². The molecule has 0 aliphatic carbocycles. The SMILES string of the molecule is Cc1cc(C2=N/C(=C\c3ccc(OCc4cccc([N+](=O)[O-])c4)cc3)C(=O)O2)ccc1[N+](=O)[O-]. The molecular formula is C24H17N3O7. The molecule has 0 saturated carbocycles. The number of nitro groups is 2. The van der Waals surface area contributed by atoms with E-state index < -0.39 is 15.8 Å². The van der Waals surface area contributed by atoms with Crippen molar-refractivity contribution in [1.82, 2.24) is 0 Å².